The molecule has 1 aromatic carbocycles. The molecule has 0 heterocycles. The molecule has 4 aliphatic carbocycles. The van der Waals surface area contributed by atoms with E-state index < -0.39 is 40.2 Å². The molecule has 0 aromatic heterocycles. The van der Waals surface area contributed by atoms with Gasteiger partial charge in [0.05, 0.1) is 11.0 Å². The van der Waals surface area contributed by atoms with E-state index in [1.54, 1.807) is 0 Å². The predicted octanol–water partition coefficient (Wildman–Crippen LogP) is 4.91. The molecule has 2 nitrogen and oxygen atoms in total. The van der Waals surface area contributed by atoms with Crippen LogP contribution in [-0.4, -0.2) is 11.1 Å². The van der Waals surface area contributed by atoms with Gasteiger partial charge in [0.25, 0.3) is 0 Å². The smallest absolute Gasteiger partial charge is 0.419 e. The van der Waals surface area contributed by atoms with Gasteiger partial charge in [-0.25, -0.2) is 8.78 Å². The van der Waals surface area contributed by atoms with Gasteiger partial charge in [0.15, 0.2) is 11.6 Å². The topological polar surface area (TPSA) is 37.3 Å². The lowest BCUT2D eigenvalue weighted by Gasteiger charge is -2.61. The number of alkyl halides is 3. The molecule has 0 spiro atoms. The lowest BCUT2D eigenvalue weighted by atomic mass is 9.42. The van der Waals surface area contributed by atoms with Crippen molar-refractivity contribution in [1.82, 2.24) is 0 Å². The van der Waals surface area contributed by atoms with Crippen molar-refractivity contribution in [2.75, 3.05) is 0 Å². The summed E-state index contributed by atoms with van der Waals surface area (Å²) in [6.07, 6.45) is -2.41. The molecule has 1 aromatic rings. The third kappa shape index (κ3) is 2.30. The molecule has 136 valence electrons. The predicted molar refractivity (Wildman–Crippen MR) is 77.8 cm³/mol. The average Bonchev–Trinajstić information content (AvgIpc) is 2.47. The SMILES string of the molecule is O=C(O)C12CC3CC(C1)CC(c1ccc(F)c(F)c1C(F)(F)F)(C3)C2. The van der Waals surface area contributed by atoms with Crippen molar-refractivity contribution in [3.8, 4) is 0 Å². The van der Waals surface area contributed by atoms with E-state index in [2.05, 4.69) is 0 Å². The zero-order chi connectivity index (χ0) is 18.2. The molecule has 2 unspecified atom stereocenters. The van der Waals surface area contributed by atoms with Crippen LogP contribution in [0.2, 0.25) is 0 Å². The van der Waals surface area contributed by atoms with Crippen molar-refractivity contribution < 1.29 is 31.9 Å². The molecule has 25 heavy (non-hydrogen) atoms. The van der Waals surface area contributed by atoms with E-state index in [0.29, 0.717) is 25.7 Å². The Hall–Kier alpha value is -1.66. The largest absolute Gasteiger partial charge is 0.481 e. The summed E-state index contributed by atoms with van der Waals surface area (Å²) in [5, 5.41) is 9.71. The standard InChI is InChI=1S/C18H17F5O2/c19-12-2-1-11(13(14(12)20)18(21,22)23)16-4-9-3-10(5-16)7-17(6-9,8-16)15(24)25/h1-2,9-10H,3-8H2,(H,24,25). The van der Waals surface area contributed by atoms with Crippen LogP contribution < -0.4 is 0 Å². The monoisotopic (exact) mass is 360 g/mol. The highest BCUT2D eigenvalue weighted by molar-refractivity contribution is 5.76. The average molecular weight is 360 g/mol. The Labute approximate surface area is 141 Å². The van der Waals surface area contributed by atoms with Gasteiger partial charge in [0, 0.05) is 0 Å². The van der Waals surface area contributed by atoms with E-state index in [1.807, 2.05) is 0 Å². The Kier molecular flexibility index (Phi) is 3.32. The number of carbonyl (C=O) groups is 1. The van der Waals surface area contributed by atoms with Gasteiger partial charge in [-0.15, -0.1) is 0 Å². The molecule has 1 N–H and O–H groups in total. The fourth-order valence-electron chi connectivity index (χ4n) is 6.10. The summed E-state index contributed by atoms with van der Waals surface area (Å²) >= 11 is 0. The Morgan fingerprint density at radius 2 is 1.68 bits per heavy atom. The first kappa shape index (κ1) is 16.8. The minimum atomic E-state index is -5.03. The molecule has 7 heteroatoms. The maximum Gasteiger partial charge on any atom is 0.419 e. The van der Waals surface area contributed by atoms with Crippen molar-refractivity contribution in [2.24, 2.45) is 17.3 Å². The van der Waals surface area contributed by atoms with Gasteiger partial charge >= 0.3 is 12.1 Å². The highest BCUT2D eigenvalue weighted by Gasteiger charge is 2.62. The lowest BCUT2D eigenvalue weighted by Crippen LogP contribution is -2.57. The van der Waals surface area contributed by atoms with Crippen LogP contribution in [0.15, 0.2) is 12.1 Å². The molecule has 0 saturated heterocycles. The minimum Gasteiger partial charge on any atom is -0.481 e. The summed E-state index contributed by atoms with van der Waals surface area (Å²) in [5.41, 5.74) is -3.91. The Bertz CT molecular complexity index is 741. The van der Waals surface area contributed by atoms with Gasteiger partial charge in [0.2, 0.25) is 0 Å². The summed E-state index contributed by atoms with van der Waals surface area (Å²) in [5.74, 6) is -4.36. The van der Waals surface area contributed by atoms with Crippen LogP contribution >= 0.6 is 0 Å². The Morgan fingerprint density at radius 3 is 2.20 bits per heavy atom. The van der Waals surface area contributed by atoms with Gasteiger partial charge < -0.3 is 5.11 Å². The van der Waals surface area contributed by atoms with Crippen LogP contribution in [0.5, 0.6) is 0 Å². The van der Waals surface area contributed by atoms with Crippen LogP contribution in [-0.2, 0) is 16.4 Å². The fourth-order valence-corrected chi connectivity index (χ4v) is 6.10. The minimum absolute atomic E-state index is 0.0200. The quantitative estimate of drug-likeness (QED) is 0.761. The van der Waals surface area contributed by atoms with E-state index in [-0.39, 0.29) is 23.8 Å². The molecule has 4 fully saturated rings. The normalized spacial score (nSPS) is 36.7. The molecule has 4 aliphatic rings. The number of hydrogen-bond donors (Lipinski definition) is 1. The Balaban J connectivity index is 1.91. The zero-order valence-corrected chi connectivity index (χ0v) is 13.3. The molecule has 0 radical (unpaired) electrons. The van der Waals surface area contributed by atoms with Crippen molar-refractivity contribution in [3.63, 3.8) is 0 Å². The zero-order valence-electron chi connectivity index (χ0n) is 13.3. The van der Waals surface area contributed by atoms with Crippen LogP contribution in [0.25, 0.3) is 0 Å². The molecular weight excluding hydrogens is 343 g/mol. The number of hydrogen-bond acceptors (Lipinski definition) is 1. The number of rotatable bonds is 2. The molecule has 5 rings (SSSR count). The van der Waals surface area contributed by atoms with E-state index >= 15 is 0 Å². The number of carboxylic acid groups (broad SMARTS) is 1. The number of halogens is 5. The van der Waals surface area contributed by atoms with Crippen LogP contribution in [0.3, 0.4) is 0 Å². The first-order valence-electron chi connectivity index (χ1n) is 8.35. The van der Waals surface area contributed by atoms with E-state index in [1.165, 1.54) is 0 Å². The summed E-state index contributed by atoms with van der Waals surface area (Å²) < 4.78 is 68.1. The van der Waals surface area contributed by atoms with Gasteiger partial charge in [-0.1, -0.05) is 6.07 Å². The second kappa shape index (κ2) is 4.95. The fraction of sp³-hybridized carbons (Fsp3) is 0.611. The van der Waals surface area contributed by atoms with Gasteiger partial charge in [-0.05, 0) is 67.4 Å². The molecule has 4 bridgehead atoms. The summed E-state index contributed by atoms with van der Waals surface area (Å²) in [4.78, 5) is 11.9. The molecule has 4 saturated carbocycles. The van der Waals surface area contributed by atoms with Crippen molar-refractivity contribution in [1.29, 1.82) is 0 Å². The number of aliphatic carboxylic acids is 1. The third-order valence-electron chi connectivity index (χ3n) is 6.46. The highest BCUT2D eigenvalue weighted by atomic mass is 19.4. The lowest BCUT2D eigenvalue weighted by molar-refractivity contribution is -0.168. The second-order valence-electron chi connectivity index (χ2n) is 8.11. The van der Waals surface area contributed by atoms with Gasteiger partial charge in [-0.2, -0.15) is 13.2 Å². The third-order valence-corrected chi connectivity index (χ3v) is 6.46. The second-order valence-corrected chi connectivity index (χ2v) is 8.11. The van der Waals surface area contributed by atoms with Crippen molar-refractivity contribution >= 4 is 5.97 Å². The first-order valence-corrected chi connectivity index (χ1v) is 8.35. The molecule has 0 aliphatic heterocycles. The Morgan fingerprint density at radius 1 is 1.08 bits per heavy atom. The van der Waals surface area contributed by atoms with Crippen molar-refractivity contribution in [2.45, 2.75) is 50.1 Å². The molecule has 0 amide bonds. The van der Waals surface area contributed by atoms with Gasteiger partial charge in [0.1, 0.15) is 0 Å². The van der Waals surface area contributed by atoms with Gasteiger partial charge in [-0.3, -0.25) is 4.79 Å². The maximum absolute atomic E-state index is 14.1. The number of benzene rings is 1. The summed E-state index contributed by atoms with van der Waals surface area (Å²) in [6.45, 7) is 0. The van der Waals surface area contributed by atoms with Crippen LogP contribution in [0, 0.1) is 28.9 Å². The highest BCUT2D eigenvalue weighted by Crippen LogP contribution is 2.66. The molecule has 2 atom stereocenters. The number of carboxylic acids is 1. The van der Waals surface area contributed by atoms with E-state index in [9.17, 15) is 31.9 Å². The van der Waals surface area contributed by atoms with Crippen LogP contribution in [0.1, 0.15) is 49.7 Å². The summed E-state index contributed by atoms with van der Waals surface area (Å²) in [6, 6.07) is 1.75. The van der Waals surface area contributed by atoms with Crippen molar-refractivity contribution in [3.05, 3.63) is 34.9 Å². The van der Waals surface area contributed by atoms with E-state index in [4.69, 9.17) is 0 Å². The van der Waals surface area contributed by atoms with E-state index in [0.717, 1.165) is 18.6 Å². The first-order chi connectivity index (χ1) is 11.6. The maximum atomic E-state index is 14.1. The van der Waals surface area contributed by atoms with Crippen LogP contribution in [0.4, 0.5) is 22.0 Å². The summed E-state index contributed by atoms with van der Waals surface area (Å²) in [7, 11) is 0. The molecular formula is C18H17F5O2.